The van der Waals surface area contributed by atoms with Crippen LogP contribution >= 0.6 is 0 Å². The summed E-state index contributed by atoms with van der Waals surface area (Å²) in [6.45, 7) is 1.83. The summed E-state index contributed by atoms with van der Waals surface area (Å²) in [6.07, 6.45) is 5.85. The van der Waals surface area contributed by atoms with Gasteiger partial charge < -0.3 is 19.7 Å². The summed E-state index contributed by atoms with van der Waals surface area (Å²) in [6, 6.07) is 14.6. The third kappa shape index (κ3) is 4.25. The quantitative estimate of drug-likeness (QED) is 0.702. The maximum Gasteiger partial charge on any atom is 0.230 e. The minimum Gasteiger partial charge on any atom is -0.486 e. The van der Waals surface area contributed by atoms with E-state index in [-0.39, 0.29) is 5.91 Å². The van der Waals surface area contributed by atoms with E-state index in [0.29, 0.717) is 19.8 Å². The fourth-order valence-corrected chi connectivity index (χ4v) is 4.59. The highest BCUT2D eigenvalue weighted by Crippen LogP contribution is 2.44. The summed E-state index contributed by atoms with van der Waals surface area (Å²) in [7, 11) is 4.09. The standard InChI is InChI=1S/C25H32N2O3/c1-27(2)21-10-7-19(8-11-21)6-5-15-26-24(28)25(13-3-4-14-25)20-9-12-22-23(18-20)30-17-16-29-22/h7-12,18H,3-6,13-17H2,1-2H3,(H,26,28). The molecule has 1 saturated carbocycles. The van der Waals surface area contributed by atoms with Crippen LogP contribution in [0.3, 0.4) is 0 Å². The predicted molar refractivity (Wildman–Crippen MR) is 120 cm³/mol. The van der Waals surface area contributed by atoms with Crippen LogP contribution in [-0.2, 0) is 16.6 Å². The van der Waals surface area contributed by atoms with Crippen LogP contribution in [0.4, 0.5) is 5.69 Å². The van der Waals surface area contributed by atoms with Gasteiger partial charge in [-0.25, -0.2) is 0 Å². The van der Waals surface area contributed by atoms with Gasteiger partial charge in [0.2, 0.25) is 5.91 Å². The predicted octanol–water partition coefficient (Wildman–Crippen LogP) is 4.08. The van der Waals surface area contributed by atoms with E-state index < -0.39 is 5.41 Å². The number of carbonyl (C=O) groups excluding carboxylic acids is 1. The molecule has 1 aliphatic heterocycles. The van der Waals surface area contributed by atoms with Gasteiger partial charge in [0, 0.05) is 26.3 Å². The molecule has 160 valence electrons. The van der Waals surface area contributed by atoms with E-state index in [1.807, 2.05) is 32.3 Å². The third-order valence-corrected chi connectivity index (χ3v) is 6.37. The molecule has 0 bridgehead atoms. The fourth-order valence-electron chi connectivity index (χ4n) is 4.59. The molecule has 0 spiro atoms. The number of rotatable bonds is 7. The number of aryl methyl sites for hydroxylation is 1. The molecule has 0 aromatic heterocycles. The van der Waals surface area contributed by atoms with Crippen LogP contribution in [0.1, 0.15) is 43.2 Å². The second kappa shape index (κ2) is 8.99. The van der Waals surface area contributed by atoms with Crippen molar-refractivity contribution >= 4 is 11.6 Å². The number of carbonyl (C=O) groups is 1. The number of hydrogen-bond donors (Lipinski definition) is 1. The highest BCUT2D eigenvalue weighted by Gasteiger charge is 2.43. The van der Waals surface area contributed by atoms with Gasteiger partial charge in [0.15, 0.2) is 11.5 Å². The van der Waals surface area contributed by atoms with Crippen molar-refractivity contribution in [3.63, 3.8) is 0 Å². The molecule has 1 amide bonds. The fraction of sp³-hybridized carbons (Fsp3) is 0.480. The Morgan fingerprint density at radius 3 is 2.40 bits per heavy atom. The van der Waals surface area contributed by atoms with Crippen LogP contribution in [0.15, 0.2) is 42.5 Å². The Morgan fingerprint density at radius 1 is 1.00 bits per heavy atom. The molecule has 0 radical (unpaired) electrons. The number of benzene rings is 2. The van der Waals surface area contributed by atoms with Crippen molar-refractivity contribution in [1.82, 2.24) is 5.32 Å². The smallest absolute Gasteiger partial charge is 0.230 e. The lowest BCUT2D eigenvalue weighted by Crippen LogP contribution is -2.43. The third-order valence-electron chi connectivity index (χ3n) is 6.37. The summed E-state index contributed by atoms with van der Waals surface area (Å²) in [5.41, 5.74) is 3.12. The normalized spacial score (nSPS) is 16.9. The minimum atomic E-state index is -0.441. The minimum absolute atomic E-state index is 0.152. The van der Waals surface area contributed by atoms with Crippen LogP contribution < -0.4 is 19.7 Å². The summed E-state index contributed by atoms with van der Waals surface area (Å²) < 4.78 is 11.4. The van der Waals surface area contributed by atoms with E-state index in [4.69, 9.17) is 9.47 Å². The summed E-state index contributed by atoms with van der Waals surface area (Å²) >= 11 is 0. The zero-order valence-electron chi connectivity index (χ0n) is 18.1. The topological polar surface area (TPSA) is 50.8 Å². The Balaban J connectivity index is 1.37. The number of hydrogen-bond acceptors (Lipinski definition) is 4. The molecule has 4 rings (SSSR count). The first-order valence-corrected chi connectivity index (χ1v) is 11.0. The second-order valence-corrected chi connectivity index (χ2v) is 8.57. The van der Waals surface area contributed by atoms with Crippen LogP contribution in [0.5, 0.6) is 11.5 Å². The van der Waals surface area contributed by atoms with E-state index in [1.165, 1.54) is 11.3 Å². The molecule has 30 heavy (non-hydrogen) atoms. The number of anilines is 1. The lowest BCUT2D eigenvalue weighted by Gasteiger charge is -2.30. The molecule has 2 aromatic carbocycles. The van der Waals surface area contributed by atoms with Crippen molar-refractivity contribution in [2.75, 3.05) is 38.8 Å². The number of amides is 1. The van der Waals surface area contributed by atoms with Gasteiger partial charge in [0.1, 0.15) is 13.2 Å². The van der Waals surface area contributed by atoms with E-state index >= 15 is 0 Å². The summed E-state index contributed by atoms with van der Waals surface area (Å²) in [5.74, 6) is 1.69. The average molecular weight is 409 g/mol. The van der Waals surface area contributed by atoms with E-state index in [2.05, 4.69) is 34.5 Å². The zero-order chi connectivity index (χ0) is 21.0. The molecular weight excluding hydrogens is 376 g/mol. The molecule has 1 heterocycles. The highest BCUT2D eigenvalue weighted by atomic mass is 16.6. The first-order valence-electron chi connectivity index (χ1n) is 11.0. The maximum absolute atomic E-state index is 13.3. The Morgan fingerprint density at radius 2 is 1.70 bits per heavy atom. The van der Waals surface area contributed by atoms with Gasteiger partial charge in [0.05, 0.1) is 5.41 Å². The number of ether oxygens (including phenoxy) is 2. The lowest BCUT2D eigenvalue weighted by atomic mass is 9.77. The van der Waals surface area contributed by atoms with Crippen LogP contribution in [0, 0.1) is 0 Å². The van der Waals surface area contributed by atoms with E-state index in [0.717, 1.165) is 55.6 Å². The van der Waals surface area contributed by atoms with Crippen molar-refractivity contribution in [3.8, 4) is 11.5 Å². The lowest BCUT2D eigenvalue weighted by molar-refractivity contribution is -0.126. The highest BCUT2D eigenvalue weighted by molar-refractivity contribution is 5.88. The molecule has 5 heteroatoms. The molecule has 1 aliphatic carbocycles. The Hall–Kier alpha value is -2.69. The molecule has 0 atom stereocenters. The molecule has 0 saturated heterocycles. The molecule has 5 nitrogen and oxygen atoms in total. The summed E-state index contributed by atoms with van der Waals surface area (Å²) in [5, 5.41) is 3.22. The van der Waals surface area contributed by atoms with Crippen LogP contribution in [-0.4, -0.2) is 39.8 Å². The maximum atomic E-state index is 13.3. The van der Waals surface area contributed by atoms with E-state index in [1.54, 1.807) is 0 Å². The molecule has 1 N–H and O–H groups in total. The van der Waals surface area contributed by atoms with Gasteiger partial charge in [-0.05, 0) is 61.1 Å². The largest absolute Gasteiger partial charge is 0.486 e. The Bertz CT molecular complexity index is 870. The van der Waals surface area contributed by atoms with Crippen LogP contribution in [0.2, 0.25) is 0 Å². The Labute approximate surface area is 179 Å². The molecule has 2 aromatic rings. The Kier molecular flexibility index (Phi) is 6.16. The molecule has 2 aliphatic rings. The van der Waals surface area contributed by atoms with Crippen molar-refractivity contribution in [2.45, 2.75) is 43.9 Å². The van der Waals surface area contributed by atoms with Crippen molar-refractivity contribution < 1.29 is 14.3 Å². The van der Waals surface area contributed by atoms with Gasteiger partial charge >= 0.3 is 0 Å². The first-order chi connectivity index (χ1) is 14.6. The van der Waals surface area contributed by atoms with E-state index in [9.17, 15) is 4.79 Å². The van der Waals surface area contributed by atoms with Crippen molar-refractivity contribution in [2.24, 2.45) is 0 Å². The first kappa shape index (κ1) is 20.6. The van der Waals surface area contributed by atoms with Gasteiger partial charge in [0.25, 0.3) is 0 Å². The van der Waals surface area contributed by atoms with Gasteiger partial charge in [-0.15, -0.1) is 0 Å². The number of nitrogens with one attached hydrogen (secondary N) is 1. The van der Waals surface area contributed by atoms with Crippen LogP contribution in [0.25, 0.3) is 0 Å². The van der Waals surface area contributed by atoms with Crippen molar-refractivity contribution in [3.05, 3.63) is 53.6 Å². The molecule has 1 fully saturated rings. The zero-order valence-corrected chi connectivity index (χ0v) is 18.1. The second-order valence-electron chi connectivity index (χ2n) is 8.57. The monoisotopic (exact) mass is 408 g/mol. The van der Waals surface area contributed by atoms with Gasteiger partial charge in [-0.2, -0.15) is 0 Å². The number of fused-ring (bicyclic) bond motifs is 1. The molecular formula is C25H32N2O3. The van der Waals surface area contributed by atoms with Gasteiger partial charge in [-0.3, -0.25) is 4.79 Å². The number of nitrogens with zero attached hydrogens (tertiary/aromatic N) is 1. The SMILES string of the molecule is CN(C)c1ccc(CCCNC(=O)C2(c3ccc4c(c3)OCCO4)CCCC2)cc1. The summed E-state index contributed by atoms with van der Waals surface area (Å²) in [4.78, 5) is 15.4. The van der Waals surface area contributed by atoms with Gasteiger partial charge in [-0.1, -0.05) is 31.0 Å². The average Bonchev–Trinajstić information content (AvgIpc) is 3.28. The van der Waals surface area contributed by atoms with Crippen molar-refractivity contribution in [1.29, 1.82) is 0 Å². The molecule has 0 unspecified atom stereocenters.